The zero-order valence-corrected chi connectivity index (χ0v) is 24.7. The summed E-state index contributed by atoms with van der Waals surface area (Å²) in [6.45, 7) is 11.2. The van der Waals surface area contributed by atoms with E-state index < -0.39 is 7.91 Å². The molecule has 0 bridgehead atoms. The third-order valence-corrected chi connectivity index (χ3v) is 8.59. The second-order valence-electron chi connectivity index (χ2n) is 9.91. The van der Waals surface area contributed by atoms with E-state index in [1.165, 1.54) is 0 Å². The second-order valence-corrected chi connectivity index (χ2v) is 12.6. The fraction of sp³-hybridized carbons (Fsp3) is 0.481. The lowest BCUT2D eigenvalue weighted by Crippen LogP contribution is -2.31. The van der Waals surface area contributed by atoms with Gasteiger partial charge in [0, 0.05) is 54.7 Å². The van der Waals surface area contributed by atoms with Crippen molar-refractivity contribution < 1.29 is 23.5 Å². The molecule has 38 heavy (non-hydrogen) atoms. The van der Waals surface area contributed by atoms with Crippen LogP contribution in [0.25, 0.3) is 10.6 Å². The highest BCUT2D eigenvalue weighted by Crippen LogP contribution is 2.38. The van der Waals surface area contributed by atoms with Crippen molar-refractivity contribution in [1.82, 2.24) is 14.9 Å². The summed E-state index contributed by atoms with van der Waals surface area (Å²) >= 11 is 3.49. The Morgan fingerprint density at radius 3 is 2.39 bits per heavy atom. The van der Waals surface area contributed by atoms with Gasteiger partial charge in [-0.2, -0.15) is 20.9 Å². The number of benzene rings is 1. The molecule has 0 amide bonds. The van der Waals surface area contributed by atoms with Gasteiger partial charge in [0.25, 0.3) is 5.88 Å². The smallest absolute Gasteiger partial charge is 0.507 e. The molecule has 0 unspecified atom stereocenters. The van der Waals surface area contributed by atoms with E-state index in [1.54, 1.807) is 23.6 Å². The van der Waals surface area contributed by atoms with Crippen molar-refractivity contribution in [3.8, 4) is 28.0 Å². The summed E-state index contributed by atoms with van der Waals surface area (Å²) in [5.41, 5.74) is 4.59. The third-order valence-electron chi connectivity index (χ3n) is 6.37. The molecule has 11 heteroatoms. The Bertz CT molecular complexity index is 1280. The summed E-state index contributed by atoms with van der Waals surface area (Å²) in [7, 11) is -3.09. The van der Waals surface area contributed by atoms with E-state index in [0.29, 0.717) is 18.7 Å². The topological polar surface area (TPSA) is 102 Å². The molecular formula is C27H34N3O5PS2. The Kier molecular flexibility index (Phi) is 9.87. The molecule has 4 rings (SSSR count). The normalized spacial score (nSPS) is 14.3. The van der Waals surface area contributed by atoms with Crippen molar-refractivity contribution in [2.24, 2.45) is 0 Å². The largest absolute Gasteiger partial charge is 0.529 e. The first-order valence-corrected chi connectivity index (χ1v) is 15.9. The van der Waals surface area contributed by atoms with E-state index in [9.17, 15) is 14.2 Å². The molecule has 0 radical (unpaired) electrons. The number of rotatable bonds is 11. The van der Waals surface area contributed by atoms with E-state index >= 15 is 0 Å². The van der Waals surface area contributed by atoms with Gasteiger partial charge in [-0.25, -0.2) is 9.97 Å². The average molecular weight is 576 g/mol. The van der Waals surface area contributed by atoms with E-state index in [-0.39, 0.29) is 30.1 Å². The SMILES string of the molecule is CC(C)c1cc(-c2nc(CCOc3ncc(CN4CCSCC4)cc3OP(=O)=O)cs2)cc(C(C)C)c1O. The Morgan fingerprint density at radius 1 is 1.08 bits per heavy atom. The van der Waals surface area contributed by atoms with Gasteiger partial charge >= 0.3 is 7.91 Å². The van der Waals surface area contributed by atoms with Crippen molar-refractivity contribution >= 4 is 31.0 Å². The van der Waals surface area contributed by atoms with Crippen LogP contribution in [-0.2, 0) is 22.1 Å². The average Bonchev–Trinajstić information content (AvgIpc) is 3.34. The predicted octanol–water partition coefficient (Wildman–Crippen LogP) is 6.79. The molecule has 0 saturated carbocycles. The van der Waals surface area contributed by atoms with Crippen molar-refractivity contribution in [1.29, 1.82) is 0 Å². The number of hydrogen-bond donors (Lipinski definition) is 1. The monoisotopic (exact) mass is 575 g/mol. The van der Waals surface area contributed by atoms with Gasteiger partial charge in [0.2, 0.25) is 0 Å². The maximum atomic E-state index is 11.3. The fourth-order valence-corrected chi connectivity index (χ4v) is 6.43. The van der Waals surface area contributed by atoms with Crippen LogP contribution >= 0.6 is 31.0 Å². The van der Waals surface area contributed by atoms with Crippen LogP contribution in [0, 0.1) is 0 Å². The van der Waals surface area contributed by atoms with Crippen LogP contribution in [-0.4, -0.2) is 51.2 Å². The lowest BCUT2D eigenvalue weighted by molar-refractivity contribution is 0.287. The van der Waals surface area contributed by atoms with Crippen LogP contribution in [0.5, 0.6) is 17.4 Å². The number of phenols is 1. The van der Waals surface area contributed by atoms with Crippen molar-refractivity contribution in [2.45, 2.75) is 52.5 Å². The van der Waals surface area contributed by atoms with Crippen molar-refractivity contribution in [2.75, 3.05) is 31.2 Å². The highest BCUT2D eigenvalue weighted by atomic mass is 32.2. The number of hydrogen-bond acceptors (Lipinski definition) is 10. The molecule has 3 aromatic rings. The quantitative estimate of drug-likeness (QED) is 0.248. The number of ether oxygens (including phenoxy) is 1. The van der Waals surface area contributed by atoms with E-state index in [0.717, 1.165) is 57.6 Å². The van der Waals surface area contributed by atoms with Crippen LogP contribution in [0.1, 0.15) is 61.9 Å². The molecule has 0 spiro atoms. The maximum Gasteiger partial charge on any atom is 0.529 e. The van der Waals surface area contributed by atoms with Crippen LogP contribution in [0.15, 0.2) is 29.8 Å². The zero-order valence-electron chi connectivity index (χ0n) is 22.2. The standard InChI is InChI=1S/C27H34N3O5PS2/c1-17(2)22-12-20(13-23(18(3)4)25(22)31)27-29-21(16-38-27)5-8-34-26-24(35-36(32)33)11-19(14-28-26)15-30-6-9-37-10-7-30/h11-14,16-18,31H,5-10,15H2,1-4H3. The molecule has 204 valence electrons. The molecule has 0 aliphatic carbocycles. The molecule has 1 aromatic carbocycles. The first kappa shape index (κ1) is 28.6. The minimum Gasteiger partial charge on any atom is -0.507 e. The highest BCUT2D eigenvalue weighted by Gasteiger charge is 2.18. The molecule has 3 heterocycles. The first-order chi connectivity index (χ1) is 18.2. The Hall–Kier alpha value is -2.39. The number of phenolic OH excluding ortho intramolecular Hbond substituents is 1. The van der Waals surface area contributed by atoms with E-state index in [1.807, 2.05) is 29.3 Å². The lowest BCUT2D eigenvalue weighted by atomic mass is 9.91. The van der Waals surface area contributed by atoms with Crippen molar-refractivity contribution in [3.63, 3.8) is 0 Å². The second kappa shape index (κ2) is 13.1. The number of aromatic hydroxyl groups is 1. The summed E-state index contributed by atoms with van der Waals surface area (Å²) in [5.74, 6) is 3.20. The van der Waals surface area contributed by atoms with E-state index in [2.05, 4.69) is 37.6 Å². The highest BCUT2D eigenvalue weighted by molar-refractivity contribution is 7.99. The van der Waals surface area contributed by atoms with Gasteiger partial charge in [0.05, 0.1) is 12.3 Å². The lowest BCUT2D eigenvalue weighted by Gasteiger charge is -2.26. The Balaban J connectivity index is 1.44. The van der Waals surface area contributed by atoms with Crippen LogP contribution < -0.4 is 9.26 Å². The fourth-order valence-electron chi connectivity index (χ4n) is 4.32. The number of aromatic nitrogens is 2. The summed E-state index contributed by atoms with van der Waals surface area (Å²) in [6.07, 6.45) is 2.24. The predicted molar refractivity (Wildman–Crippen MR) is 152 cm³/mol. The van der Waals surface area contributed by atoms with Gasteiger partial charge < -0.3 is 14.4 Å². The van der Waals surface area contributed by atoms with Crippen LogP contribution in [0.4, 0.5) is 0 Å². The summed E-state index contributed by atoms with van der Waals surface area (Å²) in [6, 6.07) is 5.74. The third kappa shape index (κ3) is 7.38. The van der Waals surface area contributed by atoms with Crippen LogP contribution in [0.3, 0.4) is 0 Å². The molecule has 1 aliphatic heterocycles. The molecule has 0 atom stereocenters. The number of pyridine rings is 1. The van der Waals surface area contributed by atoms with Gasteiger partial charge in [0.15, 0.2) is 5.75 Å². The molecule has 1 N–H and O–H groups in total. The van der Waals surface area contributed by atoms with Gasteiger partial charge in [-0.1, -0.05) is 27.7 Å². The molecule has 2 aromatic heterocycles. The molecule has 8 nitrogen and oxygen atoms in total. The molecule has 1 fully saturated rings. The van der Waals surface area contributed by atoms with Crippen molar-refractivity contribution in [3.05, 3.63) is 52.2 Å². The summed E-state index contributed by atoms with van der Waals surface area (Å²) in [4.78, 5) is 11.5. The van der Waals surface area contributed by atoms with Gasteiger partial charge in [0.1, 0.15) is 10.8 Å². The summed E-state index contributed by atoms with van der Waals surface area (Å²) in [5, 5.41) is 13.6. The minimum absolute atomic E-state index is 0.107. The number of thioether (sulfide) groups is 1. The zero-order chi connectivity index (χ0) is 27.2. The number of thiazole rings is 1. The first-order valence-electron chi connectivity index (χ1n) is 12.8. The molecule has 1 aliphatic rings. The minimum atomic E-state index is -3.09. The maximum absolute atomic E-state index is 11.3. The van der Waals surface area contributed by atoms with Gasteiger partial charge in [-0.05, 0) is 46.7 Å². The van der Waals surface area contributed by atoms with Gasteiger partial charge in [-0.15, -0.1) is 11.3 Å². The Labute approximate surface area is 232 Å². The van der Waals surface area contributed by atoms with Crippen LogP contribution in [0.2, 0.25) is 0 Å². The molecule has 1 saturated heterocycles. The Morgan fingerprint density at radius 2 is 1.76 bits per heavy atom. The number of nitrogens with zero attached hydrogens (tertiary/aromatic N) is 3. The van der Waals surface area contributed by atoms with Gasteiger partial charge in [-0.3, -0.25) is 4.90 Å². The molecular weight excluding hydrogens is 541 g/mol. The van der Waals surface area contributed by atoms with E-state index in [4.69, 9.17) is 14.2 Å². The summed E-state index contributed by atoms with van der Waals surface area (Å²) < 4.78 is 33.5.